The Hall–Kier alpha value is -4.30. The first-order valence-electron chi connectivity index (χ1n) is 11.1. The number of pyridine rings is 1. The molecule has 9 nitrogen and oxygen atoms in total. The second-order valence-corrected chi connectivity index (χ2v) is 8.97. The molecule has 4 aromatic heterocycles. The van der Waals surface area contributed by atoms with Gasteiger partial charge in [0.15, 0.2) is 11.5 Å². The topological polar surface area (TPSA) is 124 Å². The van der Waals surface area contributed by atoms with Gasteiger partial charge in [-0.1, -0.05) is 0 Å². The van der Waals surface area contributed by atoms with Crippen LogP contribution in [0, 0.1) is 12.7 Å². The van der Waals surface area contributed by atoms with Gasteiger partial charge in [0.2, 0.25) is 5.91 Å². The smallest absolute Gasteiger partial charge is 0.383 e. The van der Waals surface area contributed by atoms with Gasteiger partial charge in [-0.25, -0.2) is 24.3 Å². The summed E-state index contributed by atoms with van der Waals surface area (Å²) in [6.45, 7) is 3.17. The third-order valence-electron chi connectivity index (χ3n) is 6.43. The van der Waals surface area contributed by atoms with E-state index in [-0.39, 0.29) is 45.8 Å². The number of nitrogens with zero attached hydrogens (tertiary/aromatic N) is 6. The second-order valence-electron chi connectivity index (χ2n) is 8.97. The molecule has 1 aliphatic heterocycles. The van der Waals surface area contributed by atoms with E-state index in [1.165, 1.54) is 29.8 Å². The molecule has 0 saturated carbocycles. The van der Waals surface area contributed by atoms with Crippen LogP contribution in [0.3, 0.4) is 0 Å². The molecule has 38 heavy (non-hydrogen) atoms. The van der Waals surface area contributed by atoms with Gasteiger partial charge < -0.3 is 15.5 Å². The molecule has 15 heteroatoms. The molecule has 1 unspecified atom stereocenters. The zero-order chi connectivity index (χ0) is 27.6. The second kappa shape index (κ2) is 8.36. The summed E-state index contributed by atoms with van der Waals surface area (Å²) in [7, 11) is 0. The van der Waals surface area contributed by atoms with Gasteiger partial charge in [-0.15, -0.1) is 0 Å². The molecule has 0 saturated heterocycles. The van der Waals surface area contributed by atoms with Gasteiger partial charge in [0, 0.05) is 24.5 Å². The van der Waals surface area contributed by atoms with E-state index in [9.17, 15) is 31.1 Å². The van der Waals surface area contributed by atoms with Crippen molar-refractivity contribution >= 4 is 23.2 Å². The predicted octanol–water partition coefficient (Wildman–Crippen LogP) is 4.00. The van der Waals surface area contributed by atoms with Gasteiger partial charge in [0.05, 0.1) is 23.1 Å². The summed E-state index contributed by atoms with van der Waals surface area (Å²) >= 11 is 0. The lowest BCUT2D eigenvalue weighted by Gasteiger charge is -2.22. The van der Waals surface area contributed by atoms with E-state index in [4.69, 9.17) is 5.73 Å². The fourth-order valence-electron chi connectivity index (χ4n) is 4.30. The molecule has 1 atom stereocenters. The molecule has 5 rings (SSSR count). The van der Waals surface area contributed by atoms with Gasteiger partial charge in [0.1, 0.15) is 28.6 Å². The molecule has 0 aliphatic carbocycles. The van der Waals surface area contributed by atoms with Crippen LogP contribution in [0.1, 0.15) is 36.0 Å². The fourth-order valence-corrected chi connectivity index (χ4v) is 4.30. The first-order valence-corrected chi connectivity index (χ1v) is 11.1. The Morgan fingerprint density at radius 1 is 1.08 bits per heavy atom. The lowest BCUT2D eigenvalue weighted by molar-refractivity contribution is -0.284. The summed E-state index contributed by atoms with van der Waals surface area (Å²) in [5.74, 6) is -6.30. The van der Waals surface area contributed by atoms with Crippen molar-refractivity contribution in [2.24, 2.45) is 0 Å². The van der Waals surface area contributed by atoms with Crippen LogP contribution in [0.15, 0.2) is 30.7 Å². The van der Waals surface area contributed by atoms with E-state index in [1.54, 1.807) is 6.92 Å². The maximum absolute atomic E-state index is 13.6. The maximum atomic E-state index is 13.6. The Morgan fingerprint density at radius 2 is 1.82 bits per heavy atom. The summed E-state index contributed by atoms with van der Waals surface area (Å²) in [6.07, 6.45) is -4.21. The van der Waals surface area contributed by atoms with Crippen molar-refractivity contribution in [1.29, 1.82) is 0 Å². The maximum Gasteiger partial charge on any atom is 0.453 e. The largest absolute Gasteiger partial charge is 0.453 e. The van der Waals surface area contributed by atoms with Crippen LogP contribution in [-0.2, 0) is 16.6 Å². The van der Waals surface area contributed by atoms with E-state index in [0.29, 0.717) is 5.69 Å². The number of carbonyl (C=O) groups is 1. The lowest BCUT2D eigenvalue weighted by atomic mass is 9.81. The number of nitrogens with two attached hydrogens (primary N) is 1. The SMILES string of the molecule is Cc1cnc2c(CCC(F)(F)C(F)(F)F)nc(-c3nc(N)c4c(n3)NC(=O)C4(C)c3ccc(F)cn3)cn12. The lowest BCUT2D eigenvalue weighted by Crippen LogP contribution is -2.36. The highest BCUT2D eigenvalue weighted by Gasteiger charge is 2.56. The van der Waals surface area contributed by atoms with Crippen molar-refractivity contribution in [3.05, 3.63) is 59.2 Å². The predicted molar refractivity (Wildman–Crippen MR) is 122 cm³/mol. The van der Waals surface area contributed by atoms with Gasteiger partial charge in [0.25, 0.3) is 0 Å². The highest BCUT2D eigenvalue weighted by atomic mass is 19.4. The number of anilines is 2. The number of halogens is 6. The van der Waals surface area contributed by atoms with Crippen LogP contribution in [0.5, 0.6) is 0 Å². The average molecular weight is 536 g/mol. The van der Waals surface area contributed by atoms with Crippen molar-refractivity contribution in [3.63, 3.8) is 0 Å². The Balaban J connectivity index is 1.59. The van der Waals surface area contributed by atoms with Gasteiger partial charge in [-0.3, -0.25) is 9.78 Å². The molecular weight excluding hydrogens is 518 g/mol. The summed E-state index contributed by atoms with van der Waals surface area (Å²) in [5.41, 5.74) is 5.67. The number of carbonyl (C=O) groups excluding carboxylic acids is 1. The molecule has 1 amide bonds. The number of hydrogen-bond donors (Lipinski definition) is 2. The molecule has 3 N–H and O–H groups in total. The first-order chi connectivity index (χ1) is 17.7. The average Bonchev–Trinajstić information content (AvgIpc) is 3.34. The number of alkyl halides is 5. The number of fused-ring (bicyclic) bond motifs is 2. The van der Waals surface area contributed by atoms with Crippen LogP contribution in [0.4, 0.5) is 38.0 Å². The molecule has 0 spiro atoms. The quantitative estimate of drug-likeness (QED) is 0.370. The van der Waals surface area contributed by atoms with Crippen molar-refractivity contribution < 1.29 is 31.1 Å². The first kappa shape index (κ1) is 25.4. The minimum Gasteiger partial charge on any atom is -0.383 e. The molecule has 0 radical (unpaired) electrons. The standard InChI is InChI=1S/C23H18F6N8O/c1-10-7-32-19-12(5-6-22(25,26)23(27,28)29)33-13(9-37(10)19)17-34-16(30)15-18(35-17)36-20(38)21(15,2)14-4-3-11(24)8-31-14/h3-4,7-9H,5-6H2,1-2H3,(H3,30,34,35,36,38). The van der Waals surface area contributed by atoms with E-state index in [1.807, 2.05) is 0 Å². The molecule has 0 fully saturated rings. The van der Waals surface area contributed by atoms with Crippen molar-refractivity contribution in [2.75, 3.05) is 11.1 Å². The van der Waals surface area contributed by atoms with E-state index < -0.39 is 42.1 Å². The van der Waals surface area contributed by atoms with Crippen LogP contribution < -0.4 is 11.1 Å². The summed E-state index contributed by atoms with van der Waals surface area (Å²) < 4.78 is 80.3. The normalized spacial score (nSPS) is 17.6. The summed E-state index contributed by atoms with van der Waals surface area (Å²) in [5, 5.41) is 2.60. The van der Waals surface area contributed by atoms with E-state index >= 15 is 0 Å². The molecule has 0 aromatic carbocycles. The summed E-state index contributed by atoms with van der Waals surface area (Å²) in [6, 6.07) is 2.47. The Morgan fingerprint density at radius 3 is 2.47 bits per heavy atom. The van der Waals surface area contributed by atoms with Crippen LogP contribution in [-0.4, -0.2) is 47.3 Å². The Labute approximate surface area is 210 Å². The number of nitrogens with one attached hydrogen (secondary N) is 1. The summed E-state index contributed by atoms with van der Waals surface area (Å²) in [4.78, 5) is 33.9. The number of nitrogen functional groups attached to an aromatic ring is 1. The molecule has 1 aliphatic rings. The third-order valence-corrected chi connectivity index (χ3v) is 6.43. The van der Waals surface area contributed by atoms with Crippen LogP contribution in [0.2, 0.25) is 0 Å². The molecular formula is C23H18F6N8O. The third kappa shape index (κ3) is 3.88. The van der Waals surface area contributed by atoms with Crippen molar-refractivity contribution in [2.45, 2.75) is 44.2 Å². The minimum atomic E-state index is -5.71. The Bertz CT molecular complexity index is 1580. The fraction of sp³-hybridized carbons (Fsp3) is 0.304. The molecule has 5 heterocycles. The van der Waals surface area contributed by atoms with Gasteiger partial charge in [-0.2, -0.15) is 22.0 Å². The number of imidazole rings is 1. The molecule has 198 valence electrons. The van der Waals surface area contributed by atoms with E-state index in [2.05, 4.69) is 30.2 Å². The van der Waals surface area contributed by atoms with Crippen LogP contribution in [0.25, 0.3) is 17.2 Å². The minimum absolute atomic E-state index is 0.00110. The number of amides is 1. The number of aryl methyl sites for hydroxylation is 2. The number of aromatic nitrogens is 6. The zero-order valence-electron chi connectivity index (χ0n) is 19.7. The highest BCUT2D eigenvalue weighted by molar-refractivity contribution is 6.08. The van der Waals surface area contributed by atoms with Crippen molar-refractivity contribution in [1.82, 2.24) is 29.3 Å². The van der Waals surface area contributed by atoms with E-state index in [0.717, 1.165) is 12.3 Å². The number of rotatable bonds is 5. The zero-order valence-corrected chi connectivity index (χ0v) is 19.7. The molecule has 0 bridgehead atoms. The molecule has 4 aromatic rings. The highest BCUT2D eigenvalue weighted by Crippen LogP contribution is 2.44. The number of hydrogen-bond acceptors (Lipinski definition) is 7. The van der Waals surface area contributed by atoms with Crippen molar-refractivity contribution in [3.8, 4) is 11.5 Å². The Kier molecular flexibility index (Phi) is 5.58. The van der Waals surface area contributed by atoms with Crippen LogP contribution >= 0.6 is 0 Å². The van der Waals surface area contributed by atoms with Gasteiger partial charge >= 0.3 is 12.1 Å². The monoisotopic (exact) mass is 536 g/mol. The van der Waals surface area contributed by atoms with Gasteiger partial charge in [-0.05, 0) is 32.4 Å².